The zero-order valence-electron chi connectivity index (χ0n) is 12.6. The molecule has 0 N–H and O–H groups in total. The molecular formula is C15H23N3OS. The molecule has 0 bridgehead atoms. The van der Waals surface area contributed by atoms with E-state index in [1.165, 1.54) is 0 Å². The van der Waals surface area contributed by atoms with Gasteiger partial charge in [-0.1, -0.05) is 32.5 Å². The topological polar surface area (TPSA) is 47.9 Å². The molecular weight excluding hydrogens is 270 g/mol. The molecule has 0 fully saturated rings. The molecule has 0 amide bonds. The molecule has 0 aromatic carbocycles. The first-order valence-electron chi connectivity index (χ1n) is 6.79. The fourth-order valence-corrected chi connectivity index (χ4v) is 1.62. The molecule has 0 saturated carbocycles. The Morgan fingerprint density at radius 3 is 2.25 bits per heavy atom. The summed E-state index contributed by atoms with van der Waals surface area (Å²) in [6.07, 6.45) is 6.93. The van der Waals surface area contributed by atoms with Gasteiger partial charge in [-0.15, -0.1) is 0 Å². The van der Waals surface area contributed by atoms with E-state index in [0.29, 0.717) is 6.61 Å². The van der Waals surface area contributed by atoms with E-state index in [-0.39, 0.29) is 0 Å². The summed E-state index contributed by atoms with van der Waals surface area (Å²) in [7, 11) is 0. The average Bonchev–Trinajstić information content (AvgIpc) is 2.53. The number of rotatable bonds is 4. The Labute approximate surface area is 126 Å². The summed E-state index contributed by atoms with van der Waals surface area (Å²) in [5.74, 6) is 1.87. The maximum Gasteiger partial charge on any atom is 0.187 e. The van der Waals surface area contributed by atoms with Crippen molar-refractivity contribution in [3.63, 3.8) is 0 Å². The van der Waals surface area contributed by atoms with Crippen LogP contribution in [0, 0.1) is 0 Å². The molecule has 2 aromatic rings. The van der Waals surface area contributed by atoms with Crippen LogP contribution in [0.15, 0.2) is 48.1 Å². The molecule has 5 heteroatoms. The van der Waals surface area contributed by atoms with Crippen LogP contribution < -0.4 is 4.74 Å². The Hall–Kier alpha value is -1.62. The van der Waals surface area contributed by atoms with E-state index in [2.05, 4.69) is 21.9 Å². The molecule has 0 aliphatic heterocycles. The molecule has 2 aromatic heterocycles. The molecule has 20 heavy (non-hydrogen) atoms. The first-order chi connectivity index (χ1) is 9.86. The van der Waals surface area contributed by atoms with Crippen LogP contribution in [0.4, 0.5) is 0 Å². The monoisotopic (exact) mass is 293 g/mol. The summed E-state index contributed by atoms with van der Waals surface area (Å²) in [4.78, 5) is 11.9. The summed E-state index contributed by atoms with van der Waals surface area (Å²) in [6, 6.07) is 5.56. The summed E-state index contributed by atoms with van der Waals surface area (Å²) in [5.41, 5.74) is 0. The lowest BCUT2D eigenvalue weighted by Gasteiger charge is -1.98. The number of hydrogen-bond acceptors (Lipinski definition) is 5. The number of ether oxygens (including phenoxy) is 1. The highest BCUT2D eigenvalue weighted by Crippen LogP contribution is 2.08. The van der Waals surface area contributed by atoms with Gasteiger partial charge >= 0.3 is 0 Å². The van der Waals surface area contributed by atoms with Crippen molar-refractivity contribution in [2.24, 2.45) is 0 Å². The number of hydrogen-bond donors (Lipinski definition) is 0. The molecule has 2 heterocycles. The molecule has 4 nitrogen and oxygen atoms in total. The molecule has 2 rings (SSSR count). The molecule has 0 aliphatic rings. The summed E-state index contributed by atoms with van der Waals surface area (Å²) < 4.78 is 5.14. The van der Waals surface area contributed by atoms with Gasteiger partial charge in [0.15, 0.2) is 5.16 Å². The van der Waals surface area contributed by atoms with Gasteiger partial charge in [-0.05, 0) is 30.9 Å². The molecule has 110 valence electrons. The van der Waals surface area contributed by atoms with E-state index < -0.39 is 0 Å². The lowest BCUT2D eigenvalue weighted by atomic mass is 10.5. The van der Waals surface area contributed by atoms with Gasteiger partial charge < -0.3 is 4.74 Å². The fourth-order valence-electron chi connectivity index (χ4n) is 1.09. The van der Waals surface area contributed by atoms with Gasteiger partial charge in [-0.25, -0.2) is 9.97 Å². The Bertz CT molecular complexity index is 370. The normalized spacial score (nSPS) is 8.60. The van der Waals surface area contributed by atoms with Crippen LogP contribution in [-0.2, 0) is 0 Å². The van der Waals surface area contributed by atoms with Crippen molar-refractivity contribution in [1.29, 1.82) is 0 Å². The second-order valence-corrected chi connectivity index (χ2v) is 4.32. The first kappa shape index (κ1) is 18.4. The molecule has 0 atom stereocenters. The van der Waals surface area contributed by atoms with Crippen LogP contribution in [0.25, 0.3) is 0 Å². The SMILES string of the molecule is CC.CCOc1cccnc1.CCSc1ncccn1. The van der Waals surface area contributed by atoms with E-state index in [4.69, 9.17) is 4.74 Å². The van der Waals surface area contributed by atoms with Crippen molar-refractivity contribution in [1.82, 2.24) is 15.0 Å². The molecule has 0 unspecified atom stereocenters. The molecule has 0 radical (unpaired) electrons. The highest BCUT2D eigenvalue weighted by Gasteiger charge is 1.88. The van der Waals surface area contributed by atoms with Crippen molar-refractivity contribution in [3.05, 3.63) is 43.0 Å². The third-order valence-electron chi connectivity index (χ3n) is 1.76. The number of aromatic nitrogens is 3. The Morgan fingerprint density at radius 2 is 1.75 bits per heavy atom. The van der Waals surface area contributed by atoms with Gasteiger partial charge in [0.25, 0.3) is 0 Å². The van der Waals surface area contributed by atoms with E-state index in [0.717, 1.165) is 16.7 Å². The van der Waals surface area contributed by atoms with Gasteiger partial charge in [0.2, 0.25) is 0 Å². The predicted molar refractivity (Wildman–Crippen MR) is 85.2 cm³/mol. The second-order valence-electron chi connectivity index (χ2n) is 3.09. The highest BCUT2D eigenvalue weighted by molar-refractivity contribution is 7.99. The Balaban J connectivity index is 0.000000321. The van der Waals surface area contributed by atoms with Crippen molar-refractivity contribution in [3.8, 4) is 5.75 Å². The minimum Gasteiger partial charge on any atom is -0.492 e. The standard InChI is InChI=1S/C7H9NO.C6H8N2S.C2H6/c1-2-9-7-4-3-5-8-6-7;1-2-9-6-7-4-3-5-8-6;1-2/h3-6H,2H2,1H3;3-5H,2H2,1H3;1-2H3. The van der Waals surface area contributed by atoms with Gasteiger partial charge in [0.1, 0.15) is 5.75 Å². The van der Waals surface area contributed by atoms with E-state index in [9.17, 15) is 0 Å². The lowest BCUT2D eigenvalue weighted by Crippen LogP contribution is -1.90. The number of nitrogens with zero attached hydrogens (tertiary/aromatic N) is 3. The smallest absolute Gasteiger partial charge is 0.187 e. The van der Waals surface area contributed by atoms with Gasteiger partial charge in [0, 0.05) is 18.6 Å². The quantitative estimate of drug-likeness (QED) is 0.627. The van der Waals surface area contributed by atoms with Crippen LogP contribution in [0.5, 0.6) is 5.75 Å². The third kappa shape index (κ3) is 9.33. The predicted octanol–water partition coefficient (Wildman–Crippen LogP) is 4.10. The van der Waals surface area contributed by atoms with Crippen LogP contribution in [-0.4, -0.2) is 27.3 Å². The number of pyridine rings is 1. The minimum atomic E-state index is 0.700. The average molecular weight is 293 g/mol. The van der Waals surface area contributed by atoms with E-state index in [1.807, 2.05) is 39.0 Å². The molecule has 0 saturated heterocycles. The zero-order valence-corrected chi connectivity index (χ0v) is 13.4. The van der Waals surface area contributed by atoms with Gasteiger partial charge in [-0.2, -0.15) is 0 Å². The third-order valence-corrected chi connectivity index (χ3v) is 2.52. The summed E-state index contributed by atoms with van der Waals surface area (Å²) in [6.45, 7) is 8.74. The first-order valence-corrected chi connectivity index (χ1v) is 7.78. The van der Waals surface area contributed by atoms with Crippen molar-refractivity contribution in [2.45, 2.75) is 32.9 Å². The Kier molecular flexibility index (Phi) is 12.7. The van der Waals surface area contributed by atoms with E-state index in [1.54, 1.807) is 36.5 Å². The van der Waals surface area contributed by atoms with Crippen LogP contribution in [0.3, 0.4) is 0 Å². The van der Waals surface area contributed by atoms with Crippen LogP contribution in [0.2, 0.25) is 0 Å². The van der Waals surface area contributed by atoms with E-state index >= 15 is 0 Å². The maximum atomic E-state index is 5.14. The molecule has 0 spiro atoms. The van der Waals surface area contributed by atoms with Crippen LogP contribution in [0.1, 0.15) is 27.7 Å². The van der Waals surface area contributed by atoms with Gasteiger partial charge in [0.05, 0.1) is 12.8 Å². The van der Waals surface area contributed by atoms with Crippen molar-refractivity contribution >= 4 is 11.8 Å². The largest absolute Gasteiger partial charge is 0.492 e. The lowest BCUT2D eigenvalue weighted by molar-refractivity contribution is 0.339. The number of thioether (sulfide) groups is 1. The van der Waals surface area contributed by atoms with Crippen molar-refractivity contribution in [2.75, 3.05) is 12.4 Å². The zero-order chi connectivity index (χ0) is 15.1. The summed E-state index contributed by atoms with van der Waals surface area (Å²) in [5, 5.41) is 0.861. The molecule has 0 aliphatic carbocycles. The highest BCUT2D eigenvalue weighted by atomic mass is 32.2. The summed E-state index contributed by atoms with van der Waals surface area (Å²) >= 11 is 1.65. The maximum absolute atomic E-state index is 5.14. The Morgan fingerprint density at radius 1 is 1.05 bits per heavy atom. The van der Waals surface area contributed by atoms with Crippen molar-refractivity contribution < 1.29 is 4.74 Å². The van der Waals surface area contributed by atoms with Gasteiger partial charge in [-0.3, -0.25) is 4.98 Å². The van der Waals surface area contributed by atoms with Crippen LogP contribution >= 0.6 is 11.8 Å². The fraction of sp³-hybridized carbons (Fsp3) is 0.400. The minimum absolute atomic E-state index is 0.700. The second kappa shape index (κ2) is 13.8.